The Morgan fingerprint density at radius 1 is 1.11 bits per heavy atom. The Balaban J connectivity index is 0.00000210. The number of pyridine rings is 1. The monoisotopic (exact) mass is 388 g/mol. The van der Waals surface area contributed by atoms with Crippen molar-refractivity contribution in [3.05, 3.63) is 71.3 Å². The second-order valence-electron chi connectivity index (χ2n) is 7.37. The number of hydroxylamine groups is 2. The van der Waals surface area contributed by atoms with Gasteiger partial charge in [-0.25, -0.2) is 0 Å². The minimum absolute atomic E-state index is 0. The van der Waals surface area contributed by atoms with Crippen molar-refractivity contribution in [2.45, 2.75) is 43.7 Å². The standard InChI is InChI=1S/C21H25N4O.K/c22-20(17-14-24-18-9-3-2-8-16(17)18)25(26)15-21(11-5-1-6-12-21)19-10-4-7-13-23-19;/h2-4,7-10,13-14,20,24H,1,5-6,11-12,15,22H2;/q-1;+1. The zero-order valence-corrected chi connectivity index (χ0v) is 19.0. The van der Waals surface area contributed by atoms with E-state index in [-0.39, 0.29) is 56.8 Å². The molecular weight excluding hydrogens is 363 g/mol. The summed E-state index contributed by atoms with van der Waals surface area (Å²) in [5, 5.41) is 15.1. The molecule has 6 heteroatoms. The van der Waals surface area contributed by atoms with E-state index in [9.17, 15) is 5.21 Å². The van der Waals surface area contributed by atoms with Crippen molar-refractivity contribution in [2.24, 2.45) is 5.73 Å². The topological polar surface area (TPSA) is 81.0 Å². The van der Waals surface area contributed by atoms with E-state index in [1.807, 2.05) is 48.8 Å². The van der Waals surface area contributed by atoms with E-state index in [0.29, 0.717) is 6.54 Å². The number of H-pyrrole nitrogens is 1. The first-order valence-corrected chi connectivity index (χ1v) is 9.36. The maximum absolute atomic E-state index is 13.1. The maximum atomic E-state index is 13.1. The largest absolute Gasteiger partial charge is 1.00 e. The van der Waals surface area contributed by atoms with E-state index in [0.717, 1.165) is 52.9 Å². The number of para-hydroxylation sites is 1. The zero-order valence-electron chi connectivity index (χ0n) is 15.9. The van der Waals surface area contributed by atoms with Crippen LogP contribution in [0.5, 0.6) is 0 Å². The number of nitrogens with zero attached hydrogens (tertiary/aromatic N) is 2. The summed E-state index contributed by atoms with van der Waals surface area (Å²) in [4.78, 5) is 7.80. The van der Waals surface area contributed by atoms with Gasteiger partial charge in [0.1, 0.15) is 0 Å². The molecule has 136 valence electrons. The summed E-state index contributed by atoms with van der Waals surface area (Å²) in [6.07, 6.45) is 8.46. The molecule has 1 aliphatic carbocycles. The summed E-state index contributed by atoms with van der Waals surface area (Å²) < 4.78 is 0. The van der Waals surface area contributed by atoms with Crippen molar-refractivity contribution in [3.8, 4) is 0 Å². The van der Waals surface area contributed by atoms with Crippen molar-refractivity contribution in [3.63, 3.8) is 0 Å². The minimum Gasteiger partial charge on any atom is -0.784 e. The number of hydrogen-bond donors (Lipinski definition) is 2. The third-order valence-electron chi connectivity index (χ3n) is 5.73. The molecule has 0 bridgehead atoms. The molecule has 0 aliphatic heterocycles. The van der Waals surface area contributed by atoms with Gasteiger partial charge >= 0.3 is 51.4 Å². The number of nitrogens with one attached hydrogen (secondary N) is 1. The Bertz CT molecular complexity index is 861. The Kier molecular flexibility index (Phi) is 7.27. The molecule has 5 nitrogen and oxygen atoms in total. The summed E-state index contributed by atoms with van der Waals surface area (Å²) in [6, 6.07) is 13.9. The fourth-order valence-corrected chi connectivity index (χ4v) is 4.29. The van der Waals surface area contributed by atoms with Crippen molar-refractivity contribution in [1.82, 2.24) is 15.0 Å². The van der Waals surface area contributed by atoms with Crippen molar-refractivity contribution < 1.29 is 51.4 Å². The average molecular weight is 389 g/mol. The van der Waals surface area contributed by atoms with E-state index < -0.39 is 6.17 Å². The van der Waals surface area contributed by atoms with Gasteiger partial charge in [0.05, 0.1) is 6.17 Å². The predicted octanol–water partition coefficient (Wildman–Crippen LogP) is 1.23. The van der Waals surface area contributed by atoms with Gasteiger partial charge in [-0.05, 0) is 37.6 Å². The number of benzene rings is 1. The van der Waals surface area contributed by atoms with Crippen LogP contribution < -0.4 is 57.1 Å². The normalized spacial score (nSPS) is 17.6. The van der Waals surface area contributed by atoms with Crippen LogP contribution in [0, 0.1) is 5.21 Å². The molecule has 1 fully saturated rings. The Morgan fingerprint density at radius 2 is 1.85 bits per heavy atom. The first kappa shape index (κ1) is 21.1. The van der Waals surface area contributed by atoms with Crippen LogP contribution >= 0.6 is 0 Å². The number of aromatic amines is 1. The van der Waals surface area contributed by atoms with Crippen LogP contribution in [-0.4, -0.2) is 21.6 Å². The van der Waals surface area contributed by atoms with Crippen LogP contribution in [0.1, 0.15) is 49.5 Å². The zero-order chi connectivity index (χ0) is 18.0. The van der Waals surface area contributed by atoms with E-state index in [1.165, 1.54) is 6.42 Å². The quantitative estimate of drug-likeness (QED) is 0.391. The molecule has 0 spiro atoms. The maximum Gasteiger partial charge on any atom is 1.00 e. The molecule has 0 amide bonds. The molecule has 3 N–H and O–H groups in total. The predicted molar refractivity (Wildman–Crippen MR) is 104 cm³/mol. The van der Waals surface area contributed by atoms with Gasteiger partial charge in [0.25, 0.3) is 0 Å². The van der Waals surface area contributed by atoms with Crippen LogP contribution in [0.4, 0.5) is 0 Å². The molecule has 0 saturated heterocycles. The molecule has 1 aromatic carbocycles. The van der Waals surface area contributed by atoms with Crippen LogP contribution in [0.2, 0.25) is 0 Å². The third kappa shape index (κ3) is 4.38. The fraction of sp³-hybridized carbons (Fsp3) is 0.381. The molecule has 4 rings (SSSR count). The van der Waals surface area contributed by atoms with E-state index in [2.05, 4.69) is 16.0 Å². The number of hydrogen-bond acceptors (Lipinski definition) is 4. The van der Waals surface area contributed by atoms with E-state index in [4.69, 9.17) is 5.73 Å². The molecule has 2 heterocycles. The molecule has 3 aromatic rings. The van der Waals surface area contributed by atoms with E-state index in [1.54, 1.807) is 0 Å². The van der Waals surface area contributed by atoms with E-state index >= 15 is 0 Å². The second kappa shape index (κ2) is 9.28. The van der Waals surface area contributed by atoms with Gasteiger partial charge in [0, 0.05) is 40.0 Å². The Labute approximate surface area is 202 Å². The van der Waals surface area contributed by atoms with Gasteiger partial charge in [-0.3, -0.25) is 4.98 Å². The molecule has 1 aliphatic rings. The van der Waals surface area contributed by atoms with Crippen LogP contribution in [0.3, 0.4) is 0 Å². The second-order valence-corrected chi connectivity index (χ2v) is 7.37. The first-order valence-electron chi connectivity index (χ1n) is 9.36. The smallest absolute Gasteiger partial charge is 0.784 e. The number of rotatable bonds is 5. The van der Waals surface area contributed by atoms with Gasteiger partial charge in [0.15, 0.2) is 0 Å². The first-order chi connectivity index (χ1) is 12.7. The van der Waals surface area contributed by atoms with Crippen molar-refractivity contribution in [1.29, 1.82) is 0 Å². The Hall–Kier alpha value is -0.574. The molecule has 1 atom stereocenters. The van der Waals surface area contributed by atoms with Crippen LogP contribution in [-0.2, 0) is 5.41 Å². The summed E-state index contributed by atoms with van der Waals surface area (Å²) >= 11 is 0. The molecule has 2 aromatic heterocycles. The number of nitrogens with two attached hydrogens (primary N) is 1. The minimum atomic E-state index is -0.686. The third-order valence-corrected chi connectivity index (χ3v) is 5.73. The number of aromatic nitrogens is 2. The van der Waals surface area contributed by atoms with Crippen LogP contribution in [0.15, 0.2) is 54.9 Å². The Morgan fingerprint density at radius 3 is 2.59 bits per heavy atom. The molecule has 27 heavy (non-hydrogen) atoms. The summed E-state index contributed by atoms with van der Waals surface area (Å²) in [5.41, 5.74) is 9.05. The molecule has 1 unspecified atom stereocenters. The SMILES string of the molecule is NC(c1c[nH]c2ccccc12)N([O-])CC1(c2ccccn2)CCCCC1.[K+]. The summed E-state index contributed by atoms with van der Waals surface area (Å²) in [7, 11) is 0. The van der Waals surface area contributed by atoms with Gasteiger partial charge < -0.3 is 21.0 Å². The average Bonchev–Trinajstić information content (AvgIpc) is 3.13. The summed E-state index contributed by atoms with van der Waals surface area (Å²) in [5.74, 6) is 0. The van der Waals surface area contributed by atoms with Gasteiger partial charge in [-0.1, -0.05) is 43.5 Å². The number of fused-ring (bicyclic) bond motifs is 1. The summed E-state index contributed by atoms with van der Waals surface area (Å²) in [6.45, 7) is 0.380. The van der Waals surface area contributed by atoms with Crippen molar-refractivity contribution in [2.75, 3.05) is 6.54 Å². The van der Waals surface area contributed by atoms with Gasteiger partial charge in [-0.15, -0.1) is 0 Å². The molecular formula is C21H25KN4O. The van der Waals surface area contributed by atoms with Crippen molar-refractivity contribution >= 4 is 10.9 Å². The van der Waals surface area contributed by atoms with Gasteiger partial charge in [-0.2, -0.15) is 0 Å². The fourth-order valence-electron chi connectivity index (χ4n) is 4.29. The molecule has 0 radical (unpaired) electrons. The molecule has 1 saturated carbocycles. The van der Waals surface area contributed by atoms with Crippen LogP contribution in [0.25, 0.3) is 10.9 Å². The van der Waals surface area contributed by atoms with Gasteiger partial charge in [0.2, 0.25) is 0 Å².